The molecule has 2 N–H and O–H groups in total. The van der Waals surface area contributed by atoms with Gasteiger partial charge in [-0.3, -0.25) is 19.4 Å². The minimum absolute atomic E-state index is 0.211. The van der Waals surface area contributed by atoms with Crippen LogP contribution >= 0.6 is 11.6 Å². The summed E-state index contributed by atoms with van der Waals surface area (Å²) in [4.78, 5) is 50.4. The Balaban J connectivity index is 1.83. The highest BCUT2D eigenvalue weighted by Gasteiger charge is 2.50. The van der Waals surface area contributed by atoms with Crippen LogP contribution in [0.2, 0.25) is 5.02 Å². The van der Waals surface area contributed by atoms with Gasteiger partial charge in [0.05, 0.1) is 0 Å². The lowest BCUT2D eigenvalue weighted by Gasteiger charge is -2.23. The van der Waals surface area contributed by atoms with Crippen molar-refractivity contribution in [3.8, 4) is 0 Å². The zero-order valence-electron chi connectivity index (χ0n) is 12.8. The molecule has 126 valence electrons. The molecule has 0 bridgehead atoms. The monoisotopic (exact) mass is 350 g/mol. The van der Waals surface area contributed by atoms with E-state index in [4.69, 9.17) is 11.6 Å². The predicted octanol–water partition coefficient (Wildman–Crippen LogP) is 0.659. The number of imide groups is 2. The lowest BCUT2D eigenvalue weighted by atomic mass is 9.92. The Kier molecular flexibility index (Phi) is 3.92. The van der Waals surface area contributed by atoms with Crippen molar-refractivity contribution < 1.29 is 19.2 Å². The van der Waals surface area contributed by atoms with Crippen molar-refractivity contribution >= 4 is 35.5 Å². The first-order valence-corrected chi connectivity index (χ1v) is 7.69. The van der Waals surface area contributed by atoms with E-state index in [1.807, 2.05) is 0 Å². The zero-order chi connectivity index (χ0) is 17.5. The summed E-state index contributed by atoms with van der Waals surface area (Å²) in [7, 11) is 0. The largest absolute Gasteiger partial charge is 0.336 e. The summed E-state index contributed by atoms with van der Waals surface area (Å²) in [5.74, 6) is -1.20. The van der Waals surface area contributed by atoms with Gasteiger partial charge in [-0.25, -0.2) is 9.59 Å². The van der Waals surface area contributed by atoms with Gasteiger partial charge >= 0.3 is 12.1 Å². The SMILES string of the molecule is C[C@@]1(c2ccccc2Cl)NC(=O)N(CC(=O)N2CCNC2=O)C1=O. The maximum absolute atomic E-state index is 12.7. The molecule has 0 spiro atoms. The third-order valence-corrected chi connectivity index (χ3v) is 4.47. The second-order valence-corrected chi connectivity index (χ2v) is 6.11. The molecule has 2 heterocycles. The second kappa shape index (κ2) is 5.79. The molecule has 1 atom stereocenters. The lowest BCUT2D eigenvalue weighted by Crippen LogP contribution is -2.45. The Hall–Kier alpha value is -2.61. The molecule has 1 aromatic rings. The summed E-state index contributed by atoms with van der Waals surface area (Å²) in [5, 5.41) is 5.40. The number of amides is 6. The number of hydrogen-bond acceptors (Lipinski definition) is 4. The summed E-state index contributed by atoms with van der Waals surface area (Å²) in [6, 6.07) is 5.44. The maximum atomic E-state index is 12.7. The maximum Gasteiger partial charge on any atom is 0.325 e. The molecule has 8 nitrogen and oxygen atoms in total. The third-order valence-electron chi connectivity index (χ3n) is 4.14. The van der Waals surface area contributed by atoms with Gasteiger partial charge in [0.1, 0.15) is 12.1 Å². The Morgan fingerprint density at radius 3 is 2.58 bits per heavy atom. The molecule has 2 saturated heterocycles. The number of nitrogens with zero attached hydrogens (tertiary/aromatic N) is 2. The summed E-state index contributed by atoms with van der Waals surface area (Å²) >= 11 is 6.13. The zero-order valence-corrected chi connectivity index (χ0v) is 13.6. The van der Waals surface area contributed by atoms with Crippen LogP contribution in [0.25, 0.3) is 0 Å². The van der Waals surface area contributed by atoms with E-state index >= 15 is 0 Å². The highest BCUT2D eigenvalue weighted by Crippen LogP contribution is 2.33. The van der Waals surface area contributed by atoms with Crippen molar-refractivity contribution in [3.63, 3.8) is 0 Å². The topological polar surface area (TPSA) is 98.8 Å². The summed E-state index contributed by atoms with van der Waals surface area (Å²) in [5.41, 5.74) is -0.915. The molecule has 24 heavy (non-hydrogen) atoms. The molecule has 2 fully saturated rings. The average Bonchev–Trinajstić information content (AvgIpc) is 3.05. The second-order valence-electron chi connectivity index (χ2n) is 5.70. The highest BCUT2D eigenvalue weighted by atomic mass is 35.5. The molecular formula is C15H15ClN4O4. The predicted molar refractivity (Wildman–Crippen MR) is 84.2 cm³/mol. The van der Waals surface area contributed by atoms with Crippen LogP contribution in [0.3, 0.4) is 0 Å². The van der Waals surface area contributed by atoms with E-state index < -0.39 is 36.0 Å². The number of urea groups is 2. The molecule has 0 radical (unpaired) electrons. The Morgan fingerprint density at radius 1 is 1.25 bits per heavy atom. The standard InChI is InChI=1S/C15H15ClN4O4/c1-15(9-4-2-3-5-10(9)16)12(22)20(14(24)18-15)8-11(21)19-7-6-17-13(19)23/h2-5H,6-8H2,1H3,(H,17,23)(H,18,24)/t15-/m0/s1. The number of rotatable bonds is 3. The molecule has 9 heteroatoms. The van der Waals surface area contributed by atoms with Crippen LogP contribution in [-0.2, 0) is 15.1 Å². The minimum Gasteiger partial charge on any atom is -0.336 e. The molecule has 2 aliphatic heterocycles. The smallest absolute Gasteiger partial charge is 0.325 e. The number of benzene rings is 1. The fourth-order valence-electron chi connectivity index (χ4n) is 2.82. The Morgan fingerprint density at radius 2 is 1.96 bits per heavy atom. The molecule has 0 saturated carbocycles. The average molecular weight is 351 g/mol. The fourth-order valence-corrected chi connectivity index (χ4v) is 3.14. The van der Waals surface area contributed by atoms with Gasteiger partial charge in [-0.15, -0.1) is 0 Å². The number of carbonyl (C=O) groups is 4. The van der Waals surface area contributed by atoms with E-state index in [0.29, 0.717) is 17.1 Å². The van der Waals surface area contributed by atoms with Crippen LogP contribution in [0.4, 0.5) is 9.59 Å². The summed E-state index contributed by atoms with van der Waals surface area (Å²) in [6.07, 6.45) is 0. The van der Waals surface area contributed by atoms with E-state index in [-0.39, 0.29) is 6.54 Å². The van der Waals surface area contributed by atoms with Crippen molar-refractivity contribution in [1.82, 2.24) is 20.4 Å². The van der Waals surface area contributed by atoms with Crippen molar-refractivity contribution in [2.75, 3.05) is 19.6 Å². The first-order chi connectivity index (χ1) is 11.3. The quantitative estimate of drug-likeness (QED) is 0.782. The summed E-state index contributed by atoms with van der Waals surface area (Å²) < 4.78 is 0. The van der Waals surface area contributed by atoms with Crippen molar-refractivity contribution in [2.45, 2.75) is 12.5 Å². The van der Waals surface area contributed by atoms with Gasteiger partial charge in [0.25, 0.3) is 11.8 Å². The van der Waals surface area contributed by atoms with Crippen LogP contribution in [0.5, 0.6) is 0 Å². The molecule has 3 rings (SSSR count). The van der Waals surface area contributed by atoms with Crippen molar-refractivity contribution in [3.05, 3.63) is 34.9 Å². The van der Waals surface area contributed by atoms with Crippen LogP contribution in [0.1, 0.15) is 12.5 Å². The van der Waals surface area contributed by atoms with Gasteiger partial charge in [-0.2, -0.15) is 0 Å². The number of hydrogen-bond donors (Lipinski definition) is 2. The van der Waals surface area contributed by atoms with Gasteiger partial charge in [0.15, 0.2) is 0 Å². The lowest BCUT2D eigenvalue weighted by molar-refractivity contribution is -0.137. The number of carbonyl (C=O) groups excluding carboxylic acids is 4. The van der Waals surface area contributed by atoms with E-state index in [1.54, 1.807) is 24.3 Å². The third kappa shape index (κ3) is 2.48. The number of halogens is 1. The van der Waals surface area contributed by atoms with E-state index in [1.165, 1.54) is 6.92 Å². The highest BCUT2D eigenvalue weighted by molar-refractivity contribution is 6.32. The van der Waals surface area contributed by atoms with Crippen LogP contribution in [-0.4, -0.2) is 53.3 Å². The molecule has 6 amide bonds. The van der Waals surface area contributed by atoms with Crippen LogP contribution in [0.15, 0.2) is 24.3 Å². The van der Waals surface area contributed by atoms with Gasteiger partial charge in [0.2, 0.25) is 0 Å². The van der Waals surface area contributed by atoms with Gasteiger partial charge in [0, 0.05) is 23.7 Å². The van der Waals surface area contributed by atoms with Crippen molar-refractivity contribution in [1.29, 1.82) is 0 Å². The van der Waals surface area contributed by atoms with Gasteiger partial charge < -0.3 is 10.6 Å². The minimum atomic E-state index is -1.36. The normalized spacial score (nSPS) is 23.5. The fraction of sp³-hybridized carbons (Fsp3) is 0.333. The molecule has 0 aromatic heterocycles. The molecule has 2 aliphatic rings. The number of nitrogens with one attached hydrogen (secondary N) is 2. The van der Waals surface area contributed by atoms with Crippen LogP contribution in [0, 0.1) is 0 Å². The van der Waals surface area contributed by atoms with Crippen molar-refractivity contribution in [2.24, 2.45) is 0 Å². The first-order valence-electron chi connectivity index (χ1n) is 7.32. The first kappa shape index (κ1) is 16.3. The molecule has 1 aromatic carbocycles. The van der Waals surface area contributed by atoms with Gasteiger partial charge in [-0.05, 0) is 13.0 Å². The van der Waals surface area contributed by atoms with Gasteiger partial charge in [-0.1, -0.05) is 29.8 Å². The Labute approximate surface area is 142 Å². The molecule has 0 aliphatic carbocycles. The van der Waals surface area contributed by atoms with E-state index in [0.717, 1.165) is 9.80 Å². The van der Waals surface area contributed by atoms with Crippen LogP contribution < -0.4 is 10.6 Å². The Bertz CT molecular complexity index is 753. The molecule has 0 unspecified atom stereocenters. The van der Waals surface area contributed by atoms with E-state index in [9.17, 15) is 19.2 Å². The summed E-state index contributed by atoms with van der Waals surface area (Å²) in [6.45, 7) is 1.59. The molecular weight excluding hydrogens is 336 g/mol. The van der Waals surface area contributed by atoms with E-state index in [2.05, 4.69) is 10.6 Å².